The summed E-state index contributed by atoms with van der Waals surface area (Å²) in [5.41, 5.74) is 7.59. The standard InChI is InChI=1S/C20H22ClN3O2/c1-13-20(2,3)16-6-4-5-7-17(16)24(13)12-18(25)22-23-19(26)14-8-10-15(21)11-9-14/h4-11,13H,12H2,1-3H3,(H,22,25)(H,23,26). The number of halogens is 1. The third-order valence-corrected chi connectivity index (χ3v) is 5.41. The van der Waals surface area contributed by atoms with Gasteiger partial charge in [0, 0.05) is 27.7 Å². The minimum atomic E-state index is -0.384. The van der Waals surface area contributed by atoms with E-state index in [0.29, 0.717) is 10.6 Å². The zero-order valence-corrected chi connectivity index (χ0v) is 15.8. The van der Waals surface area contributed by atoms with Crippen LogP contribution in [0.2, 0.25) is 5.02 Å². The molecule has 2 N–H and O–H groups in total. The fourth-order valence-corrected chi connectivity index (χ4v) is 3.43. The lowest BCUT2D eigenvalue weighted by Crippen LogP contribution is -2.49. The van der Waals surface area contributed by atoms with Crippen LogP contribution in [0.4, 0.5) is 5.69 Å². The zero-order chi connectivity index (χ0) is 18.9. The smallest absolute Gasteiger partial charge is 0.269 e. The highest BCUT2D eigenvalue weighted by Crippen LogP contribution is 2.44. The van der Waals surface area contributed by atoms with E-state index in [9.17, 15) is 9.59 Å². The molecule has 2 aromatic carbocycles. The lowest BCUT2D eigenvalue weighted by Gasteiger charge is -2.31. The molecule has 0 spiro atoms. The second-order valence-corrected chi connectivity index (χ2v) is 7.49. The normalized spacial score (nSPS) is 17.5. The van der Waals surface area contributed by atoms with Crippen LogP contribution in [0.5, 0.6) is 0 Å². The van der Waals surface area contributed by atoms with Gasteiger partial charge in [-0.25, -0.2) is 0 Å². The molecule has 0 saturated carbocycles. The van der Waals surface area contributed by atoms with E-state index in [0.717, 1.165) is 5.69 Å². The van der Waals surface area contributed by atoms with Crippen molar-refractivity contribution < 1.29 is 9.59 Å². The Hall–Kier alpha value is -2.53. The van der Waals surface area contributed by atoms with E-state index in [-0.39, 0.29) is 29.8 Å². The summed E-state index contributed by atoms with van der Waals surface area (Å²) in [6, 6.07) is 14.7. The van der Waals surface area contributed by atoms with E-state index in [4.69, 9.17) is 11.6 Å². The predicted molar refractivity (Wildman–Crippen MR) is 103 cm³/mol. The van der Waals surface area contributed by atoms with Gasteiger partial charge in [-0.1, -0.05) is 43.6 Å². The van der Waals surface area contributed by atoms with Crippen molar-refractivity contribution in [2.75, 3.05) is 11.4 Å². The number of amides is 2. The number of carbonyl (C=O) groups excluding carboxylic acids is 2. The number of nitrogens with zero attached hydrogens (tertiary/aromatic N) is 1. The first-order valence-corrected chi connectivity index (χ1v) is 8.89. The van der Waals surface area contributed by atoms with Crippen LogP contribution < -0.4 is 15.8 Å². The SMILES string of the molecule is CC1N(CC(=O)NNC(=O)c2ccc(Cl)cc2)c2ccccc2C1(C)C. The van der Waals surface area contributed by atoms with E-state index in [1.54, 1.807) is 24.3 Å². The van der Waals surface area contributed by atoms with Gasteiger partial charge in [-0.3, -0.25) is 20.4 Å². The average molecular weight is 372 g/mol. The number of hydrazine groups is 1. The van der Waals surface area contributed by atoms with Crippen LogP contribution in [0.15, 0.2) is 48.5 Å². The van der Waals surface area contributed by atoms with E-state index in [1.807, 2.05) is 18.2 Å². The summed E-state index contributed by atoms with van der Waals surface area (Å²) in [5.74, 6) is -0.656. The molecule has 1 aliphatic heterocycles. The van der Waals surface area contributed by atoms with Crippen molar-refractivity contribution in [2.24, 2.45) is 0 Å². The number of benzene rings is 2. The van der Waals surface area contributed by atoms with Gasteiger partial charge < -0.3 is 4.90 Å². The summed E-state index contributed by atoms with van der Waals surface area (Å²) in [5, 5.41) is 0.551. The van der Waals surface area contributed by atoms with E-state index in [2.05, 4.69) is 42.6 Å². The first kappa shape index (κ1) is 18.3. The highest BCUT2D eigenvalue weighted by molar-refractivity contribution is 6.30. The molecule has 0 fully saturated rings. The number of nitrogens with one attached hydrogen (secondary N) is 2. The largest absolute Gasteiger partial charge is 0.358 e. The first-order valence-electron chi connectivity index (χ1n) is 8.51. The predicted octanol–water partition coefficient (Wildman–Crippen LogP) is 3.29. The molecule has 2 amide bonds. The summed E-state index contributed by atoms with van der Waals surface area (Å²) in [6.07, 6.45) is 0. The molecule has 0 bridgehead atoms. The molecule has 0 aliphatic carbocycles. The Balaban J connectivity index is 1.63. The molecule has 1 heterocycles. The van der Waals surface area contributed by atoms with Crippen molar-refractivity contribution in [3.05, 3.63) is 64.7 Å². The van der Waals surface area contributed by atoms with Gasteiger partial charge in [0.1, 0.15) is 0 Å². The quantitative estimate of drug-likeness (QED) is 0.814. The highest BCUT2D eigenvalue weighted by Gasteiger charge is 2.42. The van der Waals surface area contributed by atoms with Gasteiger partial charge in [-0.05, 0) is 42.8 Å². The van der Waals surface area contributed by atoms with E-state index in [1.165, 1.54) is 5.56 Å². The maximum absolute atomic E-state index is 12.4. The summed E-state index contributed by atoms with van der Waals surface area (Å²) < 4.78 is 0. The van der Waals surface area contributed by atoms with Gasteiger partial charge in [-0.15, -0.1) is 0 Å². The Bertz CT molecular complexity index is 833. The van der Waals surface area contributed by atoms with Crippen molar-refractivity contribution in [1.82, 2.24) is 10.9 Å². The minimum Gasteiger partial charge on any atom is -0.358 e. The van der Waals surface area contributed by atoms with Crippen molar-refractivity contribution in [1.29, 1.82) is 0 Å². The number of fused-ring (bicyclic) bond motifs is 1. The summed E-state index contributed by atoms with van der Waals surface area (Å²) in [7, 11) is 0. The average Bonchev–Trinajstić information content (AvgIpc) is 2.81. The number of carbonyl (C=O) groups is 2. The van der Waals surface area contributed by atoms with Crippen molar-refractivity contribution in [3.8, 4) is 0 Å². The molecule has 6 heteroatoms. The van der Waals surface area contributed by atoms with Crippen LogP contribution in [0.25, 0.3) is 0 Å². The highest BCUT2D eigenvalue weighted by atomic mass is 35.5. The monoisotopic (exact) mass is 371 g/mol. The van der Waals surface area contributed by atoms with Gasteiger partial charge in [0.05, 0.1) is 6.54 Å². The zero-order valence-electron chi connectivity index (χ0n) is 15.0. The molecule has 136 valence electrons. The van der Waals surface area contributed by atoms with Gasteiger partial charge in [-0.2, -0.15) is 0 Å². The van der Waals surface area contributed by atoms with Crippen LogP contribution in [0.3, 0.4) is 0 Å². The third kappa shape index (κ3) is 3.40. The fraction of sp³-hybridized carbons (Fsp3) is 0.300. The second-order valence-electron chi connectivity index (χ2n) is 7.05. The topological polar surface area (TPSA) is 61.4 Å². The summed E-state index contributed by atoms with van der Waals surface area (Å²) in [4.78, 5) is 26.5. The van der Waals surface area contributed by atoms with Gasteiger partial charge in [0.15, 0.2) is 0 Å². The van der Waals surface area contributed by atoms with Crippen LogP contribution in [-0.2, 0) is 10.2 Å². The molecule has 1 aliphatic rings. The molecule has 1 unspecified atom stereocenters. The summed E-state index contributed by atoms with van der Waals surface area (Å²) >= 11 is 5.81. The van der Waals surface area contributed by atoms with Gasteiger partial charge in [0.2, 0.25) is 0 Å². The van der Waals surface area contributed by atoms with Crippen molar-refractivity contribution >= 4 is 29.1 Å². The maximum atomic E-state index is 12.4. The van der Waals surface area contributed by atoms with Crippen molar-refractivity contribution in [2.45, 2.75) is 32.2 Å². The van der Waals surface area contributed by atoms with Crippen LogP contribution in [-0.4, -0.2) is 24.4 Å². The number of para-hydroxylation sites is 1. The molecule has 1 atom stereocenters. The fourth-order valence-electron chi connectivity index (χ4n) is 3.31. The number of anilines is 1. The lowest BCUT2D eigenvalue weighted by atomic mass is 9.81. The number of hydrogen-bond acceptors (Lipinski definition) is 3. The van der Waals surface area contributed by atoms with E-state index >= 15 is 0 Å². The minimum absolute atomic E-state index is 0.0522. The van der Waals surface area contributed by atoms with Crippen LogP contribution in [0.1, 0.15) is 36.7 Å². The molecular formula is C20H22ClN3O2. The van der Waals surface area contributed by atoms with Crippen LogP contribution >= 0.6 is 11.6 Å². The van der Waals surface area contributed by atoms with Gasteiger partial charge in [0.25, 0.3) is 11.8 Å². The number of hydrogen-bond donors (Lipinski definition) is 2. The first-order chi connectivity index (χ1) is 12.3. The number of rotatable bonds is 3. The molecule has 0 radical (unpaired) electrons. The molecule has 2 aromatic rings. The Morgan fingerprint density at radius 3 is 2.42 bits per heavy atom. The Labute approximate surface area is 158 Å². The van der Waals surface area contributed by atoms with Crippen molar-refractivity contribution in [3.63, 3.8) is 0 Å². The Morgan fingerprint density at radius 1 is 1.08 bits per heavy atom. The molecule has 26 heavy (non-hydrogen) atoms. The molecular weight excluding hydrogens is 350 g/mol. The molecule has 0 aromatic heterocycles. The Kier molecular flexibility index (Phi) is 4.92. The molecule has 5 nitrogen and oxygen atoms in total. The van der Waals surface area contributed by atoms with E-state index < -0.39 is 0 Å². The molecule has 0 saturated heterocycles. The summed E-state index contributed by atoms with van der Waals surface area (Å²) in [6.45, 7) is 6.63. The second kappa shape index (κ2) is 7.00. The lowest BCUT2D eigenvalue weighted by molar-refractivity contribution is -0.120. The third-order valence-electron chi connectivity index (χ3n) is 5.16. The van der Waals surface area contributed by atoms with Gasteiger partial charge >= 0.3 is 0 Å². The molecule has 3 rings (SSSR count). The maximum Gasteiger partial charge on any atom is 0.269 e. The van der Waals surface area contributed by atoms with Crippen LogP contribution in [0, 0.1) is 0 Å². The Morgan fingerprint density at radius 2 is 1.73 bits per heavy atom.